The lowest BCUT2D eigenvalue weighted by Crippen LogP contribution is -2.29. The van der Waals surface area contributed by atoms with Crippen molar-refractivity contribution in [1.29, 1.82) is 0 Å². The minimum absolute atomic E-state index is 0.490. The number of carbonyl (C=O) groups is 1. The summed E-state index contributed by atoms with van der Waals surface area (Å²) in [5, 5.41) is 12.2. The normalized spacial score (nSPS) is 12.2. The summed E-state index contributed by atoms with van der Waals surface area (Å²) in [6, 6.07) is 5.55. The summed E-state index contributed by atoms with van der Waals surface area (Å²) in [6.45, 7) is 6.09. The molecule has 0 bridgehead atoms. The zero-order valence-corrected chi connectivity index (χ0v) is 10.8. The average Bonchev–Trinajstić information content (AvgIpc) is 2.22. The van der Waals surface area contributed by atoms with Gasteiger partial charge in [-0.1, -0.05) is 25.8 Å². The van der Waals surface area contributed by atoms with Crippen molar-refractivity contribution in [3.8, 4) is 0 Å². The monoisotopic (exact) mass is 235 g/mol. The fraction of sp³-hybridized carbons (Fsp3) is 0.500. The van der Waals surface area contributed by atoms with E-state index in [1.807, 2.05) is 26.0 Å². The molecule has 0 aliphatic carbocycles. The van der Waals surface area contributed by atoms with Crippen LogP contribution in [0.15, 0.2) is 18.2 Å². The predicted molar refractivity (Wildman–Crippen MR) is 70.5 cm³/mol. The molecule has 0 fully saturated rings. The quantitative estimate of drug-likeness (QED) is 0.795. The smallest absolute Gasteiger partial charge is 0.326 e. The van der Waals surface area contributed by atoms with Gasteiger partial charge in [-0.05, 0) is 43.5 Å². The molecule has 0 saturated carbocycles. The lowest BCUT2D eigenvalue weighted by molar-refractivity contribution is -0.138. The Hall–Kier alpha value is -1.51. The number of hydrogen-bond donors (Lipinski definition) is 2. The van der Waals surface area contributed by atoms with Crippen molar-refractivity contribution in [3.05, 3.63) is 29.3 Å². The molecule has 17 heavy (non-hydrogen) atoms. The van der Waals surface area contributed by atoms with Crippen molar-refractivity contribution in [1.82, 2.24) is 0 Å². The van der Waals surface area contributed by atoms with Gasteiger partial charge in [0.05, 0.1) is 0 Å². The van der Waals surface area contributed by atoms with Gasteiger partial charge < -0.3 is 10.4 Å². The topological polar surface area (TPSA) is 49.3 Å². The zero-order valence-electron chi connectivity index (χ0n) is 10.8. The highest BCUT2D eigenvalue weighted by molar-refractivity contribution is 5.77. The summed E-state index contributed by atoms with van der Waals surface area (Å²) in [5.41, 5.74) is 3.19. The summed E-state index contributed by atoms with van der Waals surface area (Å²) in [6.07, 6.45) is 2.60. The molecule has 1 aromatic rings. The van der Waals surface area contributed by atoms with E-state index in [4.69, 9.17) is 5.11 Å². The van der Waals surface area contributed by atoms with Crippen LogP contribution in [0.1, 0.15) is 37.3 Å². The van der Waals surface area contributed by atoms with E-state index in [2.05, 4.69) is 18.3 Å². The molecule has 0 aliphatic rings. The maximum absolute atomic E-state index is 11.1. The number of rotatable bonds is 6. The second-order valence-electron chi connectivity index (χ2n) is 4.55. The lowest BCUT2D eigenvalue weighted by atomic mass is 10.1. The molecule has 3 heteroatoms. The molecule has 0 aliphatic heterocycles. The first kappa shape index (κ1) is 13.6. The van der Waals surface area contributed by atoms with E-state index in [9.17, 15) is 4.79 Å². The molecule has 1 rings (SSSR count). The van der Waals surface area contributed by atoms with Crippen LogP contribution in [0.25, 0.3) is 0 Å². The Labute approximate surface area is 103 Å². The third-order valence-corrected chi connectivity index (χ3v) is 2.71. The minimum atomic E-state index is -0.780. The maximum Gasteiger partial charge on any atom is 0.326 e. The molecule has 1 aromatic carbocycles. The van der Waals surface area contributed by atoms with Crippen molar-refractivity contribution in [2.45, 2.75) is 46.1 Å². The number of benzene rings is 1. The Morgan fingerprint density at radius 1 is 1.29 bits per heavy atom. The number of unbranched alkanes of at least 4 members (excludes halogenated alkanes) is 1. The molecular weight excluding hydrogens is 214 g/mol. The number of nitrogens with one attached hydrogen (secondary N) is 1. The molecule has 94 valence electrons. The zero-order chi connectivity index (χ0) is 12.8. The molecule has 0 amide bonds. The predicted octanol–water partition coefficient (Wildman–Crippen LogP) is 3.36. The maximum atomic E-state index is 11.1. The first-order chi connectivity index (χ1) is 8.02. The molecule has 1 atom stereocenters. The van der Waals surface area contributed by atoms with Crippen LogP contribution in [0.4, 0.5) is 5.69 Å². The summed E-state index contributed by atoms with van der Waals surface area (Å²) in [5.74, 6) is -0.780. The third kappa shape index (κ3) is 4.47. The van der Waals surface area contributed by atoms with E-state index >= 15 is 0 Å². The highest BCUT2D eigenvalue weighted by atomic mass is 16.4. The van der Waals surface area contributed by atoms with Crippen molar-refractivity contribution in [2.75, 3.05) is 5.32 Å². The molecule has 0 saturated heterocycles. The van der Waals surface area contributed by atoms with E-state index in [1.54, 1.807) is 0 Å². The van der Waals surface area contributed by atoms with Crippen LogP contribution >= 0.6 is 0 Å². The van der Waals surface area contributed by atoms with Gasteiger partial charge in [-0.15, -0.1) is 0 Å². The molecule has 0 radical (unpaired) electrons. The first-order valence-corrected chi connectivity index (χ1v) is 6.10. The fourth-order valence-corrected chi connectivity index (χ4v) is 1.92. The van der Waals surface area contributed by atoms with E-state index in [-0.39, 0.29) is 0 Å². The van der Waals surface area contributed by atoms with Gasteiger partial charge in [0, 0.05) is 5.69 Å². The Kier molecular flexibility index (Phi) is 5.01. The van der Waals surface area contributed by atoms with Crippen molar-refractivity contribution >= 4 is 11.7 Å². The fourth-order valence-electron chi connectivity index (χ4n) is 1.92. The number of aryl methyl sites for hydroxylation is 2. The molecular formula is C14H21NO2. The molecule has 0 heterocycles. The largest absolute Gasteiger partial charge is 0.480 e. The van der Waals surface area contributed by atoms with Gasteiger partial charge in [-0.3, -0.25) is 0 Å². The summed E-state index contributed by atoms with van der Waals surface area (Å²) >= 11 is 0. The number of hydrogen-bond acceptors (Lipinski definition) is 2. The standard InChI is InChI=1S/C14H21NO2/c1-4-5-6-13(14(16)17)15-12-8-10(2)7-11(3)9-12/h7-9,13,15H,4-6H2,1-3H3,(H,16,17). The van der Waals surface area contributed by atoms with Crippen LogP contribution in [0, 0.1) is 13.8 Å². The average molecular weight is 235 g/mol. The van der Waals surface area contributed by atoms with Crippen LogP contribution in [0.3, 0.4) is 0 Å². The van der Waals surface area contributed by atoms with Crippen LogP contribution in [-0.2, 0) is 4.79 Å². The number of carboxylic acids is 1. The van der Waals surface area contributed by atoms with Gasteiger partial charge in [0.1, 0.15) is 6.04 Å². The van der Waals surface area contributed by atoms with Crippen molar-refractivity contribution in [2.24, 2.45) is 0 Å². The highest BCUT2D eigenvalue weighted by Gasteiger charge is 2.16. The van der Waals surface area contributed by atoms with Gasteiger partial charge >= 0.3 is 5.97 Å². The Balaban J connectivity index is 2.74. The summed E-state index contributed by atoms with van der Waals surface area (Å²) in [4.78, 5) is 11.1. The van der Waals surface area contributed by atoms with E-state index in [1.165, 1.54) is 0 Å². The van der Waals surface area contributed by atoms with Crippen LogP contribution < -0.4 is 5.32 Å². The van der Waals surface area contributed by atoms with E-state index in [0.717, 1.165) is 29.7 Å². The van der Waals surface area contributed by atoms with Gasteiger partial charge in [0.2, 0.25) is 0 Å². The molecule has 0 spiro atoms. The second-order valence-corrected chi connectivity index (χ2v) is 4.55. The van der Waals surface area contributed by atoms with Crippen molar-refractivity contribution in [3.63, 3.8) is 0 Å². The van der Waals surface area contributed by atoms with Crippen LogP contribution in [-0.4, -0.2) is 17.1 Å². The lowest BCUT2D eigenvalue weighted by Gasteiger charge is -2.16. The number of aliphatic carboxylic acids is 1. The molecule has 2 N–H and O–H groups in total. The Morgan fingerprint density at radius 2 is 1.88 bits per heavy atom. The van der Waals surface area contributed by atoms with Gasteiger partial charge in [0.15, 0.2) is 0 Å². The minimum Gasteiger partial charge on any atom is -0.480 e. The van der Waals surface area contributed by atoms with Gasteiger partial charge in [-0.25, -0.2) is 4.79 Å². The third-order valence-electron chi connectivity index (χ3n) is 2.71. The van der Waals surface area contributed by atoms with Gasteiger partial charge in [-0.2, -0.15) is 0 Å². The van der Waals surface area contributed by atoms with Gasteiger partial charge in [0.25, 0.3) is 0 Å². The Bertz CT molecular complexity index is 368. The van der Waals surface area contributed by atoms with Crippen molar-refractivity contribution < 1.29 is 9.90 Å². The molecule has 0 aromatic heterocycles. The SMILES string of the molecule is CCCCC(Nc1cc(C)cc(C)c1)C(=O)O. The summed E-state index contributed by atoms with van der Waals surface area (Å²) in [7, 11) is 0. The van der Waals surface area contributed by atoms with E-state index < -0.39 is 12.0 Å². The Morgan fingerprint density at radius 3 is 2.35 bits per heavy atom. The van der Waals surface area contributed by atoms with E-state index in [0.29, 0.717) is 6.42 Å². The van der Waals surface area contributed by atoms with Crippen LogP contribution in [0.2, 0.25) is 0 Å². The second kappa shape index (κ2) is 6.28. The number of anilines is 1. The number of carboxylic acid groups (broad SMARTS) is 1. The first-order valence-electron chi connectivity index (χ1n) is 6.10. The summed E-state index contributed by atoms with van der Waals surface area (Å²) < 4.78 is 0. The molecule has 1 unspecified atom stereocenters. The van der Waals surface area contributed by atoms with Crippen LogP contribution in [0.5, 0.6) is 0 Å². The highest BCUT2D eigenvalue weighted by Crippen LogP contribution is 2.16. The molecule has 3 nitrogen and oxygen atoms in total.